The number of benzene rings is 1. The van der Waals surface area contributed by atoms with Gasteiger partial charge in [-0.15, -0.1) is 0 Å². The van der Waals surface area contributed by atoms with Crippen LogP contribution in [0.15, 0.2) is 24.3 Å². The lowest BCUT2D eigenvalue weighted by Crippen LogP contribution is -2.51. The van der Waals surface area contributed by atoms with Gasteiger partial charge in [0.25, 0.3) is 0 Å². The topological polar surface area (TPSA) is 47.0 Å². The third kappa shape index (κ3) is 4.68. The van der Waals surface area contributed by atoms with E-state index in [2.05, 4.69) is 4.90 Å². The van der Waals surface area contributed by atoms with Crippen molar-refractivity contribution in [1.29, 1.82) is 0 Å². The van der Waals surface area contributed by atoms with E-state index in [9.17, 15) is 9.90 Å². The Morgan fingerprint density at radius 2 is 1.91 bits per heavy atom. The number of amides is 1. The van der Waals surface area contributed by atoms with E-state index >= 15 is 0 Å². The molecule has 1 aromatic rings. The molecular formula is C16H24ClN3O2. The van der Waals surface area contributed by atoms with Crippen molar-refractivity contribution in [1.82, 2.24) is 14.7 Å². The van der Waals surface area contributed by atoms with Crippen LogP contribution in [0.2, 0.25) is 5.02 Å². The second kappa shape index (κ2) is 7.92. The average Bonchev–Trinajstić information content (AvgIpc) is 2.47. The molecule has 0 aliphatic carbocycles. The monoisotopic (exact) mass is 325 g/mol. The van der Waals surface area contributed by atoms with Gasteiger partial charge in [-0.2, -0.15) is 0 Å². The van der Waals surface area contributed by atoms with E-state index in [4.69, 9.17) is 11.6 Å². The number of hydrogen-bond donors (Lipinski definition) is 1. The molecule has 1 fully saturated rings. The van der Waals surface area contributed by atoms with Gasteiger partial charge in [0.15, 0.2) is 0 Å². The molecule has 1 aliphatic rings. The predicted molar refractivity (Wildman–Crippen MR) is 88.0 cm³/mol. The standard InChI is InChI=1S/C16H24ClN3O2/c1-18(2)12-16(22)20-9-7-19(8-10-20)11-15(21)13-5-3-4-6-14(13)17/h3-6,15,21H,7-12H2,1-2H3. The van der Waals surface area contributed by atoms with Gasteiger partial charge in [0, 0.05) is 43.3 Å². The maximum atomic E-state index is 12.0. The lowest BCUT2D eigenvalue weighted by Gasteiger charge is -2.36. The Bertz CT molecular complexity index is 502. The van der Waals surface area contributed by atoms with Crippen molar-refractivity contribution in [2.75, 3.05) is 53.4 Å². The van der Waals surface area contributed by atoms with Gasteiger partial charge in [0.2, 0.25) is 5.91 Å². The van der Waals surface area contributed by atoms with Crippen LogP contribution in [-0.4, -0.2) is 79.1 Å². The first-order chi connectivity index (χ1) is 10.5. The SMILES string of the molecule is CN(C)CC(=O)N1CCN(CC(O)c2ccccc2Cl)CC1. The fraction of sp³-hybridized carbons (Fsp3) is 0.562. The first kappa shape index (κ1) is 17.2. The van der Waals surface area contributed by atoms with Gasteiger partial charge in [0.1, 0.15) is 0 Å². The number of piperazine rings is 1. The van der Waals surface area contributed by atoms with E-state index in [-0.39, 0.29) is 5.91 Å². The van der Waals surface area contributed by atoms with Gasteiger partial charge in [-0.3, -0.25) is 9.69 Å². The van der Waals surface area contributed by atoms with E-state index in [1.165, 1.54) is 0 Å². The van der Waals surface area contributed by atoms with Gasteiger partial charge < -0.3 is 14.9 Å². The molecule has 6 heteroatoms. The van der Waals surface area contributed by atoms with Crippen LogP contribution >= 0.6 is 11.6 Å². The molecule has 22 heavy (non-hydrogen) atoms. The number of likely N-dealkylation sites (N-methyl/N-ethyl adjacent to an activating group) is 1. The Morgan fingerprint density at radius 1 is 1.27 bits per heavy atom. The summed E-state index contributed by atoms with van der Waals surface area (Å²) < 4.78 is 0. The van der Waals surface area contributed by atoms with E-state index in [1.807, 2.05) is 42.1 Å². The van der Waals surface area contributed by atoms with Gasteiger partial charge in [-0.1, -0.05) is 29.8 Å². The molecule has 0 saturated carbocycles. The van der Waals surface area contributed by atoms with Crippen LogP contribution < -0.4 is 0 Å². The summed E-state index contributed by atoms with van der Waals surface area (Å²) in [6.45, 7) is 3.97. The molecule has 1 atom stereocenters. The highest BCUT2D eigenvalue weighted by atomic mass is 35.5. The molecule has 1 saturated heterocycles. The van der Waals surface area contributed by atoms with Gasteiger partial charge in [-0.25, -0.2) is 0 Å². The molecule has 1 aromatic carbocycles. The molecule has 0 aromatic heterocycles. The normalized spacial score (nSPS) is 17.8. The summed E-state index contributed by atoms with van der Waals surface area (Å²) in [6, 6.07) is 7.37. The smallest absolute Gasteiger partial charge is 0.236 e. The van der Waals surface area contributed by atoms with E-state index in [1.54, 1.807) is 6.07 Å². The lowest BCUT2D eigenvalue weighted by molar-refractivity contribution is -0.133. The highest BCUT2D eigenvalue weighted by Gasteiger charge is 2.23. The summed E-state index contributed by atoms with van der Waals surface area (Å²) in [5, 5.41) is 10.9. The third-order valence-electron chi connectivity index (χ3n) is 3.87. The minimum absolute atomic E-state index is 0.163. The molecule has 1 amide bonds. The van der Waals surface area contributed by atoms with Gasteiger partial charge in [-0.05, 0) is 20.2 Å². The summed E-state index contributed by atoms with van der Waals surface area (Å²) in [7, 11) is 3.79. The molecule has 1 heterocycles. The van der Waals surface area contributed by atoms with E-state index < -0.39 is 6.10 Å². The van der Waals surface area contributed by atoms with Crippen LogP contribution in [0.25, 0.3) is 0 Å². The number of carbonyl (C=O) groups is 1. The zero-order valence-electron chi connectivity index (χ0n) is 13.2. The van der Waals surface area contributed by atoms with Crippen molar-refractivity contribution >= 4 is 17.5 Å². The Balaban J connectivity index is 1.82. The number of nitrogens with zero attached hydrogens (tertiary/aromatic N) is 3. The van der Waals surface area contributed by atoms with Crippen LogP contribution in [0.1, 0.15) is 11.7 Å². The summed E-state index contributed by atoms with van der Waals surface area (Å²) in [5.74, 6) is 0.163. The summed E-state index contributed by atoms with van der Waals surface area (Å²) in [5.41, 5.74) is 0.760. The highest BCUT2D eigenvalue weighted by Crippen LogP contribution is 2.23. The number of halogens is 1. The molecular weight excluding hydrogens is 302 g/mol. The van der Waals surface area contributed by atoms with E-state index in [0.29, 0.717) is 31.2 Å². The molecule has 2 rings (SSSR count). The fourth-order valence-corrected chi connectivity index (χ4v) is 2.90. The Morgan fingerprint density at radius 3 is 2.50 bits per heavy atom. The predicted octanol–water partition coefficient (Wildman–Crippen LogP) is 1.08. The largest absolute Gasteiger partial charge is 0.387 e. The lowest BCUT2D eigenvalue weighted by atomic mass is 10.1. The Hall–Kier alpha value is -1.14. The van der Waals surface area contributed by atoms with Crippen LogP contribution in [-0.2, 0) is 4.79 Å². The highest BCUT2D eigenvalue weighted by molar-refractivity contribution is 6.31. The Kier molecular flexibility index (Phi) is 6.20. The molecule has 122 valence electrons. The van der Waals surface area contributed by atoms with Crippen molar-refractivity contribution in [3.8, 4) is 0 Å². The van der Waals surface area contributed by atoms with Crippen molar-refractivity contribution < 1.29 is 9.90 Å². The van der Waals surface area contributed by atoms with Crippen LogP contribution in [0.3, 0.4) is 0 Å². The summed E-state index contributed by atoms with van der Waals surface area (Å²) in [6.07, 6.45) is -0.599. The molecule has 0 spiro atoms. The molecule has 0 radical (unpaired) electrons. The maximum absolute atomic E-state index is 12.0. The zero-order valence-corrected chi connectivity index (χ0v) is 14.0. The van der Waals surface area contributed by atoms with Crippen molar-refractivity contribution in [2.24, 2.45) is 0 Å². The molecule has 1 aliphatic heterocycles. The van der Waals surface area contributed by atoms with Gasteiger partial charge in [0.05, 0.1) is 12.6 Å². The number of β-amino-alcohol motifs (C(OH)–C–C–N with tert-alkyl or cyclic N) is 1. The zero-order chi connectivity index (χ0) is 16.1. The first-order valence-electron chi connectivity index (χ1n) is 7.54. The summed E-state index contributed by atoms with van der Waals surface area (Å²) in [4.78, 5) is 17.9. The van der Waals surface area contributed by atoms with Crippen LogP contribution in [0.5, 0.6) is 0 Å². The van der Waals surface area contributed by atoms with Crippen molar-refractivity contribution in [2.45, 2.75) is 6.10 Å². The van der Waals surface area contributed by atoms with Crippen LogP contribution in [0.4, 0.5) is 0 Å². The van der Waals surface area contributed by atoms with Crippen molar-refractivity contribution in [3.63, 3.8) is 0 Å². The minimum Gasteiger partial charge on any atom is -0.387 e. The second-order valence-corrected chi connectivity index (χ2v) is 6.36. The number of carbonyl (C=O) groups excluding carboxylic acids is 1. The number of hydrogen-bond acceptors (Lipinski definition) is 4. The fourth-order valence-electron chi connectivity index (χ4n) is 2.64. The van der Waals surface area contributed by atoms with E-state index in [0.717, 1.165) is 18.7 Å². The number of aliphatic hydroxyl groups is 1. The second-order valence-electron chi connectivity index (χ2n) is 5.96. The average molecular weight is 326 g/mol. The molecule has 1 N–H and O–H groups in total. The summed E-state index contributed by atoms with van der Waals surface area (Å²) >= 11 is 6.11. The molecule has 0 bridgehead atoms. The number of aliphatic hydroxyl groups excluding tert-OH is 1. The third-order valence-corrected chi connectivity index (χ3v) is 4.22. The van der Waals surface area contributed by atoms with Crippen LogP contribution in [0, 0.1) is 0 Å². The van der Waals surface area contributed by atoms with Crippen molar-refractivity contribution in [3.05, 3.63) is 34.9 Å². The first-order valence-corrected chi connectivity index (χ1v) is 7.92. The molecule has 1 unspecified atom stereocenters. The maximum Gasteiger partial charge on any atom is 0.236 e. The molecule has 5 nitrogen and oxygen atoms in total. The quantitative estimate of drug-likeness (QED) is 0.880. The minimum atomic E-state index is -0.599. The number of rotatable bonds is 5. The Labute approximate surface area is 137 Å². The van der Waals surface area contributed by atoms with Gasteiger partial charge >= 0.3 is 0 Å².